The minimum atomic E-state index is 0.632. The van der Waals surface area contributed by atoms with Crippen LogP contribution < -0.4 is 0 Å². The van der Waals surface area contributed by atoms with Crippen LogP contribution in [-0.2, 0) is 0 Å². The number of benzene rings is 6. The molecule has 0 aliphatic carbocycles. The zero-order valence-electron chi connectivity index (χ0n) is 26.0. The standard InChI is InChI=1S/C43H29N5/c1-3-9-30(10-4-1)31-17-21-34(22-18-31)42-46-41(33-11-5-2-6-12-33)47-43(48-42)35-23-19-32(20-24-35)36-13-7-14-37(27-36)38-15-8-16-39(28-38)40-25-26-44-29-45-40/h1-29H. The quantitative estimate of drug-likeness (QED) is 0.178. The van der Waals surface area contributed by atoms with E-state index < -0.39 is 0 Å². The minimum Gasteiger partial charge on any atom is -0.245 e. The lowest BCUT2D eigenvalue weighted by molar-refractivity contribution is 1.07. The largest absolute Gasteiger partial charge is 0.245 e. The highest BCUT2D eigenvalue weighted by Crippen LogP contribution is 2.31. The van der Waals surface area contributed by atoms with E-state index in [1.807, 2.05) is 42.5 Å². The highest BCUT2D eigenvalue weighted by atomic mass is 15.0. The van der Waals surface area contributed by atoms with Crippen LogP contribution in [0.3, 0.4) is 0 Å². The summed E-state index contributed by atoms with van der Waals surface area (Å²) >= 11 is 0. The van der Waals surface area contributed by atoms with E-state index in [0.29, 0.717) is 17.5 Å². The molecule has 6 aromatic carbocycles. The molecule has 0 bridgehead atoms. The molecule has 0 fully saturated rings. The zero-order valence-corrected chi connectivity index (χ0v) is 26.0. The summed E-state index contributed by atoms with van der Waals surface area (Å²) in [5.74, 6) is 1.91. The topological polar surface area (TPSA) is 64.5 Å². The second kappa shape index (κ2) is 13.0. The van der Waals surface area contributed by atoms with Crippen LogP contribution in [0.4, 0.5) is 0 Å². The fourth-order valence-electron chi connectivity index (χ4n) is 5.80. The minimum absolute atomic E-state index is 0.632. The van der Waals surface area contributed by atoms with Crippen LogP contribution in [0.5, 0.6) is 0 Å². The van der Waals surface area contributed by atoms with Crippen LogP contribution in [0.1, 0.15) is 0 Å². The first-order valence-corrected chi connectivity index (χ1v) is 15.8. The Kier molecular flexibility index (Phi) is 7.83. The van der Waals surface area contributed by atoms with E-state index in [2.05, 4.69) is 131 Å². The highest BCUT2D eigenvalue weighted by molar-refractivity contribution is 5.77. The molecular formula is C43H29N5. The zero-order chi connectivity index (χ0) is 32.1. The summed E-state index contributed by atoms with van der Waals surface area (Å²) in [6.45, 7) is 0. The molecule has 48 heavy (non-hydrogen) atoms. The average Bonchev–Trinajstić information content (AvgIpc) is 3.19. The molecule has 5 nitrogen and oxygen atoms in total. The lowest BCUT2D eigenvalue weighted by Crippen LogP contribution is -2.00. The van der Waals surface area contributed by atoms with Gasteiger partial charge in [0.25, 0.3) is 0 Å². The first-order valence-electron chi connectivity index (χ1n) is 15.8. The van der Waals surface area contributed by atoms with Gasteiger partial charge in [-0.1, -0.05) is 146 Å². The third kappa shape index (κ3) is 6.13. The van der Waals surface area contributed by atoms with Crippen molar-refractivity contribution >= 4 is 0 Å². The molecule has 0 unspecified atom stereocenters. The second-order valence-corrected chi connectivity index (χ2v) is 11.4. The molecule has 0 aliphatic rings. The van der Waals surface area contributed by atoms with Gasteiger partial charge in [-0.25, -0.2) is 24.9 Å². The van der Waals surface area contributed by atoms with Gasteiger partial charge in [0.05, 0.1) is 5.69 Å². The fourth-order valence-corrected chi connectivity index (χ4v) is 5.80. The number of nitrogens with zero attached hydrogens (tertiary/aromatic N) is 5. The van der Waals surface area contributed by atoms with Crippen LogP contribution in [0.2, 0.25) is 0 Å². The Balaban J connectivity index is 1.12. The smallest absolute Gasteiger partial charge is 0.164 e. The second-order valence-electron chi connectivity index (χ2n) is 11.4. The number of hydrogen-bond donors (Lipinski definition) is 0. The molecule has 2 heterocycles. The number of rotatable bonds is 7. The Morgan fingerprint density at radius 3 is 1.19 bits per heavy atom. The van der Waals surface area contributed by atoms with Crippen LogP contribution in [0.25, 0.3) is 78.8 Å². The maximum atomic E-state index is 4.96. The molecule has 8 aromatic rings. The summed E-state index contributed by atoms with van der Waals surface area (Å²) in [7, 11) is 0. The van der Waals surface area contributed by atoms with Crippen LogP contribution in [0, 0.1) is 0 Å². The molecule has 8 rings (SSSR count). The average molecular weight is 616 g/mol. The third-order valence-electron chi connectivity index (χ3n) is 8.33. The monoisotopic (exact) mass is 615 g/mol. The van der Waals surface area contributed by atoms with E-state index in [1.54, 1.807) is 12.5 Å². The molecule has 0 spiro atoms. The summed E-state index contributed by atoms with van der Waals surface area (Å²) in [4.78, 5) is 23.2. The SMILES string of the molecule is c1ccc(-c2ccc(-c3nc(-c4ccccc4)nc(-c4ccc(-c5cccc(-c6cccc(-c7ccncn7)c6)c5)cc4)n3)cc2)cc1. The summed E-state index contributed by atoms with van der Waals surface area (Å²) in [6.07, 6.45) is 3.35. The Morgan fingerprint density at radius 2 is 0.667 bits per heavy atom. The van der Waals surface area contributed by atoms with Crippen LogP contribution in [-0.4, -0.2) is 24.9 Å². The van der Waals surface area contributed by atoms with E-state index in [0.717, 1.165) is 55.8 Å². The Morgan fingerprint density at radius 1 is 0.292 bits per heavy atom. The molecule has 226 valence electrons. The predicted octanol–water partition coefficient (Wildman–Crippen LogP) is 10.3. The van der Waals surface area contributed by atoms with Crippen molar-refractivity contribution in [2.45, 2.75) is 0 Å². The van der Waals surface area contributed by atoms with Gasteiger partial charge in [0.1, 0.15) is 6.33 Å². The molecule has 5 heteroatoms. The summed E-state index contributed by atoms with van der Waals surface area (Å²) in [6, 6.07) is 56.2. The van der Waals surface area contributed by atoms with Crippen molar-refractivity contribution < 1.29 is 0 Å². The van der Waals surface area contributed by atoms with Crippen molar-refractivity contribution in [2.75, 3.05) is 0 Å². The highest BCUT2D eigenvalue weighted by Gasteiger charge is 2.13. The van der Waals surface area contributed by atoms with Crippen molar-refractivity contribution in [1.82, 2.24) is 24.9 Å². The van der Waals surface area contributed by atoms with E-state index in [-0.39, 0.29) is 0 Å². The summed E-state index contributed by atoms with van der Waals surface area (Å²) < 4.78 is 0. The van der Waals surface area contributed by atoms with Gasteiger partial charge in [-0.05, 0) is 51.6 Å². The Hall–Kier alpha value is -6.59. The number of aromatic nitrogens is 5. The molecule has 0 saturated carbocycles. The van der Waals surface area contributed by atoms with Crippen molar-refractivity contribution in [3.05, 3.63) is 176 Å². The van der Waals surface area contributed by atoms with Crippen molar-refractivity contribution in [2.24, 2.45) is 0 Å². The van der Waals surface area contributed by atoms with E-state index in [4.69, 9.17) is 15.0 Å². The van der Waals surface area contributed by atoms with Gasteiger partial charge in [0.2, 0.25) is 0 Å². The predicted molar refractivity (Wildman–Crippen MR) is 193 cm³/mol. The van der Waals surface area contributed by atoms with Crippen LogP contribution >= 0.6 is 0 Å². The lowest BCUT2D eigenvalue weighted by atomic mass is 9.97. The molecular weight excluding hydrogens is 587 g/mol. The van der Waals surface area contributed by atoms with Gasteiger partial charge in [0, 0.05) is 28.5 Å². The van der Waals surface area contributed by atoms with Gasteiger partial charge in [0.15, 0.2) is 17.5 Å². The molecule has 0 N–H and O–H groups in total. The van der Waals surface area contributed by atoms with Crippen molar-refractivity contribution in [1.29, 1.82) is 0 Å². The molecule has 0 radical (unpaired) electrons. The van der Waals surface area contributed by atoms with Gasteiger partial charge in [-0.2, -0.15) is 0 Å². The van der Waals surface area contributed by atoms with Gasteiger partial charge in [-0.15, -0.1) is 0 Å². The molecule has 2 aromatic heterocycles. The van der Waals surface area contributed by atoms with Gasteiger partial charge < -0.3 is 0 Å². The van der Waals surface area contributed by atoms with Crippen molar-refractivity contribution in [3.63, 3.8) is 0 Å². The Labute approximate surface area is 279 Å². The molecule has 0 atom stereocenters. The van der Waals surface area contributed by atoms with Gasteiger partial charge >= 0.3 is 0 Å². The summed E-state index contributed by atoms with van der Waals surface area (Å²) in [5, 5.41) is 0. The van der Waals surface area contributed by atoms with Crippen molar-refractivity contribution in [3.8, 4) is 78.8 Å². The van der Waals surface area contributed by atoms with E-state index in [9.17, 15) is 0 Å². The van der Waals surface area contributed by atoms with Crippen LogP contribution in [0.15, 0.2) is 176 Å². The lowest BCUT2D eigenvalue weighted by Gasteiger charge is -2.10. The first kappa shape index (κ1) is 28.9. The van der Waals surface area contributed by atoms with E-state index >= 15 is 0 Å². The Bertz CT molecular complexity index is 2300. The first-order chi connectivity index (χ1) is 23.8. The maximum absolute atomic E-state index is 4.96. The number of hydrogen-bond acceptors (Lipinski definition) is 5. The summed E-state index contributed by atoms with van der Waals surface area (Å²) in [5.41, 5.74) is 11.6. The fraction of sp³-hybridized carbons (Fsp3) is 0. The van der Waals surface area contributed by atoms with E-state index in [1.165, 1.54) is 5.56 Å². The normalized spacial score (nSPS) is 10.9. The molecule has 0 amide bonds. The maximum Gasteiger partial charge on any atom is 0.164 e. The molecule has 0 saturated heterocycles. The molecule has 0 aliphatic heterocycles. The van der Waals surface area contributed by atoms with Gasteiger partial charge in [-0.3, -0.25) is 0 Å². The third-order valence-corrected chi connectivity index (χ3v) is 8.33.